The second-order valence-corrected chi connectivity index (χ2v) is 5.46. The second kappa shape index (κ2) is 5.63. The van der Waals surface area contributed by atoms with Gasteiger partial charge < -0.3 is 10.1 Å². The zero-order valence-corrected chi connectivity index (χ0v) is 12.1. The third-order valence-corrected chi connectivity index (χ3v) is 3.99. The van der Waals surface area contributed by atoms with Gasteiger partial charge >= 0.3 is 0 Å². The van der Waals surface area contributed by atoms with Crippen LogP contribution in [-0.2, 0) is 11.3 Å². The number of ether oxygens (including phenoxy) is 1. The first kappa shape index (κ1) is 13.2. The molecule has 2 aromatic heterocycles. The van der Waals surface area contributed by atoms with Crippen molar-refractivity contribution < 1.29 is 4.74 Å². The molecule has 2 rings (SSSR count). The minimum Gasteiger partial charge on any atom is -0.373 e. The highest BCUT2D eigenvalue weighted by molar-refractivity contribution is 7.18. The molecule has 0 aliphatic carbocycles. The van der Waals surface area contributed by atoms with Crippen molar-refractivity contribution in [1.82, 2.24) is 9.97 Å². The molecule has 0 spiro atoms. The molecule has 0 aliphatic rings. The van der Waals surface area contributed by atoms with Gasteiger partial charge in [0.2, 0.25) is 0 Å². The van der Waals surface area contributed by atoms with E-state index in [0.717, 1.165) is 34.9 Å². The van der Waals surface area contributed by atoms with Crippen LogP contribution < -0.4 is 5.32 Å². The number of anilines is 1. The Morgan fingerprint density at radius 3 is 2.72 bits per heavy atom. The van der Waals surface area contributed by atoms with Gasteiger partial charge in [-0.2, -0.15) is 0 Å². The molecule has 0 saturated heterocycles. The number of thiophene rings is 1. The Morgan fingerprint density at radius 2 is 2.06 bits per heavy atom. The Labute approximate surface area is 111 Å². The largest absolute Gasteiger partial charge is 0.373 e. The van der Waals surface area contributed by atoms with Crippen LogP contribution >= 0.6 is 11.3 Å². The maximum Gasteiger partial charge on any atom is 0.158 e. The van der Waals surface area contributed by atoms with E-state index < -0.39 is 0 Å². The number of hydrogen-bond acceptors (Lipinski definition) is 5. The molecular formula is C13H19N3OS. The van der Waals surface area contributed by atoms with Crippen LogP contribution in [0.2, 0.25) is 0 Å². The van der Waals surface area contributed by atoms with Crippen molar-refractivity contribution >= 4 is 27.4 Å². The number of aromatic nitrogens is 2. The first-order chi connectivity index (χ1) is 8.67. The third kappa shape index (κ3) is 2.47. The van der Waals surface area contributed by atoms with Crippen molar-refractivity contribution in [3.8, 4) is 0 Å². The van der Waals surface area contributed by atoms with E-state index in [2.05, 4.69) is 36.1 Å². The second-order valence-electron chi connectivity index (χ2n) is 4.25. The highest BCUT2D eigenvalue weighted by Gasteiger charge is 2.13. The maximum atomic E-state index is 5.51. The molecule has 1 N–H and O–H groups in total. The molecule has 2 aromatic rings. The Balaban J connectivity index is 2.40. The monoisotopic (exact) mass is 265 g/mol. The normalized spacial score (nSPS) is 11.1. The molecule has 0 radical (unpaired) electrons. The van der Waals surface area contributed by atoms with Gasteiger partial charge in [-0.25, -0.2) is 9.97 Å². The van der Waals surface area contributed by atoms with Gasteiger partial charge in [0.25, 0.3) is 0 Å². The van der Waals surface area contributed by atoms with Crippen molar-refractivity contribution in [2.24, 2.45) is 0 Å². The van der Waals surface area contributed by atoms with Gasteiger partial charge in [-0.05, 0) is 25.8 Å². The maximum absolute atomic E-state index is 5.51. The Kier molecular flexibility index (Phi) is 4.14. The summed E-state index contributed by atoms with van der Waals surface area (Å²) in [5.41, 5.74) is 1.26. The van der Waals surface area contributed by atoms with Gasteiger partial charge in [-0.15, -0.1) is 11.3 Å². The van der Waals surface area contributed by atoms with E-state index in [0.29, 0.717) is 6.61 Å². The van der Waals surface area contributed by atoms with E-state index in [4.69, 9.17) is 4.74 Å². The highest BCUT2D eigenvalue weighted by Crippen LogP contribution is 2.33. The first-order valence-corrected chi connectivity index (χ1v) is 7.01. The lowest BCUT2D eigenvalue weighted by Gasteiger charge is -2.06. The predicted molar refractivity (Wildman–Crippen MR) is 76.4 cm³/mol. The predicted octanol–water partition coefficient (Wildman–Crippen LogP) is 3.28. The summed E-state index contributed by atoms with van der Waals surface area (Å²) < 4.78 is 5.51. The topological polar surface area (TPSA) is 47.0 Å². The van der Waals surface area contributed by atoms with Gasteiger partial charge in [0, 0.05) is 18.5 Å². The quantitative estimate of drug-likeness (QED) is 0.843. The van der Waals surface area contributed by atoms with Crippen LogP contribution in [0, 0.1) is 13.8 Å². The zero-order valence-electron chi connectivity index (χ0n) is 11.3. The van der Waals surface area contributed by atoms with E-state index in [1.165, 1.54) is 10.4 Å². The van der Waals surface area contributed by atoms with Crippen LogP contribution in [-0.4, -0.2) is 23.6 Å². The van der Waals surface area contributed by atoms with Gasteiger partial charge in [-0.3, -0.25) is 0 Å². The first-order valence-electron chi connectivity index (χ1n) is 6.19. The van der Waals surface area contributed by atoms with E-state index in [9.17, 15) is 0 Å². The van der Waals surface area contributed by atoms with Crippen molar-refractivity contribution in [2.75, 3.05) is 19.0 Å². The van der Waals surface area contributed by atoms with Crippen molar-refractivity contribution in [3.63, 3.8) is 0 Å². The fourth-order valence-corrected chi connectivity index (χ4v) is 2.90. The molecule has 0 fully saturated rings. The molecule has 0 aromatic carbocycles. The molecule has 18 heavy (non-hydrogen) atoms. The van der Waals surface area contributed by atoms with Crippen molar-refractivity contribution in [3.05, 3.63) is 16.3 Å². The van der Waals surface area contributed by atoms with Crippen LogP contribution in [0.15, 0.2) is 0 Å². The average molecular weight is 265 g/mol. The summed E-state index contributed by atoms with van der Waals surface area (Å²) >= 11 is 1.71. The van der Waals surface area contributed by atoms with Crippen LogP contribution in [0.1, 0.15) is 29.6 Å². The number of hydrogen-bond donors (Lipinski definition) is 1. The lowest BCUT2D eigenvalue weighted by Crippen LogP contribution is -2.03. The van der Waals surface area contributed by atoms with E-state index in [-0.39, 0.29) is 0 Å². The molecule has 0 aliphatic heterocycles. The fraction of sp³-hybridized carbons (Fsp3) is 0.538. The van der Waals surface area contributed by atoms with Gasteiger partial charge in [-0.1, -0.05) is 6.92 Å². The van der Waals surface area contributed by atoms with Gasteiger partial charge in [0.15, 0.2) is 5.82 Å². The van der Waals surface area contributed by atoms with Crippen LogP contribution in [0.25, 0.3) is 10.2 Å². The van der Waals surface area contributed by atoms with Crippen LogP contribution in [0.5, 0.6) is 0 Å². The zero-order chi connectivity index (χ0) is 13.1. The number of nitrogens with one attached hydrogen (secondary N) is 1. The summed E-state index contributed by atoms with van der Waals surface area (Å²) in [6.45, 7) is 7.56. The molecule has 0 atom stereocenters. The van der Waals surface area contributed by atoms with Gasteiger partial charge in [0.1, 0.15) is 17.3 Å². The van der Waals surface area contributed by atoms with Crippen molar-refractivity contribution in [1.29, 1.82) is 0 Å². The van der Waals surface area contributed by atoms with E-state index >= 15 is 0 Å². The molecule has 98 valence electrons. The summed E-state index contributed by atoms with van der Waals surface area (Å²) in [6.07, 6.45) is 1.01. The number of fused-ring (bicyclic) bond motifs is 1. The molecule has 0 unspecified atom stereocenters. The summed E-state index contributed by atoms with van der Waals surface area (Å²) in [4.78, 5) is 11.4. The Bertz CT molecular complexity index is 551. The Hall–Kier alpha value is -1.20. The van der Waals surface area contributed by atoms with Crippen LogP contribution in [0.3, 0.4) is 0 Å². The molecule has 5 heteroatoms. The number of nitrogens with zero attached hydrogens (tertiary/aromatic N) is 2. The third-order valence-electron chi connectivity index (χ3n) is 2.89. The minimum atomic E-state index is 0.481. The summed E-state index contributed by atoms with van der Waals surface area (Å²) in [6, 6.07) is 0. The summed E-state index contributed by atoms with van der Waals surface area (Å²) in [5, 5.41) is 4.29. The lowest BCUT2D eigenvalue weighted by atomic mass is 10.2. The molecule has 0 saturated carbocycles. The smallest absolute Gasteiger partial charge is 0.158 e. The minimum absolute atomic E-state index is 0.481. The van der Waals surface area contributed by atoms with Crippen LogP contribution in [0.4, 0.5) is 5.82 Å². The standard InChI is InChI=1S/C13H19N3OS/c1-5-6-17-7-10-15-12(14-4)11-8(2)9(3)18-13(11)16-10/h5-7H2,1-4H3,(H,14,15,16). The fourth-order valence-electron chi connectivity index (χ4n) is 1.85. The summed E-state index contributed by atoms with van der Waals surface area (Å²) in [5.74, 6) is 1.65. The SMILES string of the molecule is CCCOCc1nc(NC)c2c(C)c(C)sc2n1. The van der Waals surface area contributed by atoms with Crippen molar-refractivity contribution in [2.45, 2.75) is 33.8 Å². The molecule has 4 nitrogen and oxygen atoms in total. The molecular weight excluding hydrogens is 246 g/mol. The van der Waals surface area contributed by atoms with E-state index in [1.54, 1.807) is 11.3 Å². The summed E-state index contributed by atoms with van der Waals surface area (Å²) in [7, 11) is 1.89. The highest BCUT2D eigenvalue weighted by atomic mass is 32.1. The van der Waals surface area contributed by atoms with E-state index in [1.807, 2.05) is 7.05 Å². The number of aryl methyl sites for hydroxylation is 2. The molecule has 2 heterocycles. The molecule has 0 bridgehead atoms. The number of rotatable bonds is 5. The Morgan fingerprint density at radius 1 is 1.28 bits per heavy atom. The average Bonchev–Trinajstić information content (AvgIpc) is 2.65. The lowest BCUT2D eigenvalue weighted by molar-refractivity contribution is 0.116. The van der Waals surface area contributed by atoms with Gasteiger partial charge in [0.05, 0.1) is 5.39 Å². The molecule has 0 amide bonds.